The monoisotopic (exact) mass is 288 g/mol. The van der Waals surface area contributed by atoms with Crippen molar-refractivity contribution in [2.75, 3.05) is 0 Å². The van der Waals surface area contributed by atoms with E-state index in [2.05, 4.69) is 0 Å². The molecule has 4 nitrogen and oxygen atoms in total. The molecule has 2 aromatic carbocycles. The van der Waals surface area contributed by atoms with Gasteiger partial charge in [-0.2, -0.15) is 0 Å². The first-order valence-electron chi connectivity index (χ1n) is 6.96. The quantitative estimate of drug-likeness (QED) is 0.682. The summed E-state index contributed by atoms with van der Waals surface area (Å²) in [7, 11) is 0. The molecule has 0 fully saturated rings. The first-order chi connectivity index (χ1) is 10.1. The van der Waals surface area contributed by atoms with Gasteiger partial charge in [-0.05, 0) is 41.8 Å². The molecule has 0 spiro atoms. The van der Waals surface area contributed by atoms with E-state index in [0.717, 1.165) is 17.5 Å². The molecule has 0 radical (unpaired) electrons. The van der Waals surface area contributed by atoms with Gasteiger partial charge in [-0.25, -0.2) is 0 Å². The molecule has 0 aliphatic rings. The summed E-state index contributed by atoms with van der Waals surface area (Å²) in [5, 5.41) is 37.8. The van der Waals surface area contributed by atoms with Crippen molar-refractivity contribution in [3.63, 3.8) is 0 Å². The number of rotatable bonds is 5. The fraction of sp³-hybridized carbons (Fsp3) is 0.294. The van der Waals surface area contributed by atoms with Crippen LogP contribution in [0.5, 0.6) is 11.5 Å². The van der Waals surface area contributed by atoms with Crippen LogP contribution in [0.15, 0.2) is 36.4 Å². The second-order valence-electron chi connectivity index (χ2n) is 5.05. The van der Waals surface area contributed by atoms with Gasteiger partial charge in [0.2, 0.25) is 0 Å². The Hall–Kier alpha value is -2.04. The maximum Gasteiger partial charge on any atom is 0.121 e. The molecule has 0 heterocycles. The highest BCUT2D eigenvalue weighted by atomic mass is 16.3. The molecule has 4 N–H and O–H groups in total. The van der Waals surface area contributed by atoms with Gasteiger partial charge in [0.1, 0.15) is 11.5 Å². The highest BCUT2D eigenvalue weighted by molar-refractivity contribution is 5.44. The van der Waals surface area contributed by atoms with Gasteiger partial charge in [0.05, 0.1) is 13.2 Å². The van der Waals surface area contributed by atoms with Crippen molar-refractivity contribution in [2.45, 2.75) is 32.5 Å². The molecule has 0 atom stereocenters. The van der Waals surface area contributed by atoms with Crippen LogP contribution in [0, 0.1) is 0 Å². The Bertz CT molecular complexity index is 569. The molecule has 0 aromatic heterocycles. The van der Waals surface area contributed by atoms with E-state index in [4.69, 9.17) is 0 Å². The van der Waals surface area contributed by atoms with Crippen molar-refractivity contribution in [1.29, 1.82) is 0 Å². The molecule has 0 saturated carbocycles. The second-order valence-corrected chi connectivity index (χ2v) is 5.05. The number of aliphatic hydroxyl groups excluding tert-OH is 2. The summed E-state index contributed by atoms with van der Waals surface area (Å²) in [6.45, 7) is 1.61. The maximum atomic E-state index is 9.65. The van der Waals surface area contributed by atoms with E-state index in [1.54, 1.807) is 24.3 Å². The highest BCUT2D eigenvalue weighted by Crippen LogP contribution is 2.33. The summed E-state index contributed by atoms with van der Waals surface area (Å²) in [5.74, 6) is 0.234. The number of hydrogen-bond acceptors (Lipinski definition) is 4. The normalized spacial score (nSPS) is 11.0. The molecule has 0 aliphatic heterocycles. The van der Waals surface area contributed by atoms with E-state index < -0.39 is 0 Å². The Morgan fingerprint density at radius 3 is 1.57 bits per heavy atom. The van der Waals surface area contributed by atoms with Crippen molar-refractivity contribution in [2.24, 2.45) is 0 Å². The Kier molecular flexibility index (Phi) is 4.83. The summed E-state index contributed by atoms with van der Waals surface area (Å²) in [6, 6.07) is 10.4. The van der Waals surface area contributed by atoms with Crippen molar-refractivity contribution in [3.05, 3.63) is 58.7 Å². The lowest BCUT2D eigenvalue weighted by Crippen LogP contribution is -2.02. The fourth-order valence-corrected chi connectivity index (χ4v) is 2.56. The molecule has 21 heavy (non-hydrogen) atoms. The SMILES string of the molecule is CCC(c1ccc(O)c(CO)c1)c1ccc(O)c(CO)c1. The minimum atomic E-state index is -0.215. The van der Waals surface area contributed by atoms with E-state index in [1.165, 1.54) is 0 Å². The average molecular weight is 288 g/mol. The third-order valence-electron chi connectivity index (χ3n) is 3.76. The lowest BCUT2D eigenvalue weighted by Gasteiger charge is -2.18. The molecule has 2 aromatic rings. The topological polar surface area (TPSA) is 80.9 Å². The number of hydrogen-bond donors (Lipinski definition) is 4. The van der Waals surface area contributed by atoms with Crippen LogP contribution in [-0.4, -0.2) is 20.4 Å². The van der Waals surface area contributed by atoms with Gasteiger partial charge in [-0.15, -0.1) is 0 Å². The Balaban J connectivity index is 2.44. The number of phenols is 2. The zero-order valence-corrected chi connectivity index (χ0v) is 12.0. The van der Waals surface area contributed by atoms with Crippen LogP contribution in [0.25, 0.3) is 0 Å². The lowest BCUT2D eigenvalue weighted by molar-refractivity contribution is 0.275. The summed E-state index contributed by atoms with van der Waals surface area (Å²) in [6.07, 6.45) is 0.825. The van der Waals surface area contributed by atoms with Gasteiger partial charge in [0.25, 0.3) is 0 Å². The molecule has 0 amide bonds. The summed E-state index contributed by atoms with van der Waals surface area (Å²) < 4.78 is 0. The molecule has 112 valence electrons. The predicted molar refractivity (Wildman–Crippen MR) is 80.2 cm³/mol. The molecule has 4 heteroatoms. The Morgan fingerprint density at radius 1 is 0.810 bits per heavy atom. The summed E-state index contributed by atoms with van der Waals surface area (Å²) in [5.41, 5.74) is 2.95. The summed E-state index contributed by atoms with van der Waals surface area (Å²) in [4.78, 5) is 0. The van der Waals surface area contributed by atoms with Crippen molar-refractivity contribution < 1.29 is 20.4 Å². The van der Waals surface area contributed by atoms with Crippen LogP contribution in [-0.2, 0) is 13.2 Å². The van der Waals surface area contributed by atoms with Gasteiger partial charge in [0.15, 0.2) is 0 Å². The largest absolute Gasteiger partial charge is 0.508 e. The second kappa shape index (κ2) is 6.61. The van der Waals surface area contributed by atoms with Crippen molar-refractivity contribution >= 4 is 0 Å². The van der Waals surface area contributed by atoms with Crippen molar-refractivity contribution in [1.82, 2.24) is 0 Å². The smallest absolute Gasteiger partial charge is 0.121 e. The zero-order valence-electron chi connectivity index (χ0n) is 12.0. The molecule has 0 bridgehead atoms. The van der Waals surface area contributed by atoms with Crippen molar-refractivity contribution in [3.8, 4) is 11.5 Å². The maximum absolute atomic E-state index is 9.65. The van der Waals surface area contributed by atoms with E-state index in [-0.39, 0.29) is 30.6 Å². The first kappa shape index (κ1) is 15.4. The molecule has 0 saturated heterocycles. The summed E-state index contributed by atoms with van der Waals surface area (Å²) >= 11 is 0. The van der Waals surface area contributed by atoms with E-state index >= 15 is 0 Å². The van der Waals surface area contributed by atoms with Gasteiger partial charge < -0.3 is 20.4 Å². The van der Waals surface area contributed by atoms with Gasteiger partial charge in [0, 0.05) is 17.0 Å². The lowest BCUT2D eigenvalue weighted by atomic mass is 9.87. The van der Waals surface area contributed by atoms with Gasteiger partial charge >= 0.3 is 0 Å². The van der Waals surface area contributed by atoms with Crippen LogP contribution in [0.1, 0.15) is 41.5 Å². The van der Waals surface area contributed by atoms with E-state index in [1.807, 2.05) is 19.1 Å². The van der Waals surface area contributed by atoms with Gasteiger partial charge in [-0.3, -0.25) is 0 Å². The van der Waals surface area contributed by atoms with Crippen LogP contribution < -0.4 is 0 Å². The Morgan fingerprint density at radius 2 is 1.24 bits per heavy atom. The number of aromatic hydroxyl groups is 2. The third kappa shape index (κ3) is 3.17. The minimum Gasteiger partial charge on any atom is -0.508 e. The standard InChI is InChI=1S/C17H20O4/c1-2-15(11-3-5-16(20)13(7-11)9-18)12-4-6-17(21)14(8-12)10-19/h3-8,15,18-21H,2,9-10H2,1H3. The van der Waals surface area contributed by atoms with Crippen LogP contribution in [0.4, 0.5) is 0 Å². The fourth-order valence-electron chi connectivity index (χ4n) is 2.56. The third-order valence-corrected chi connectivity index (χ3v) is 3.76. The molecular weight excluding hydrogens is 268 g/mol. The minimum absolute atomic E-state index is 0.0711. The van der Waals surface area contributed by atoms with E-state index in [0.29, 0.717) is 11.1 Å². The predicted octanol–water partition coefficient (Wildman–Crippen LogP) is 2.62. The molecule has 0 aliphatic carbocycles. The number of aliphatic hydroxyl groups is 2. The number of benzene rings is 2. The first-order valence-corrected chi connectivity index (χ1v) is 6.96. The zero-order chi connectivity index (χ0) is 15.4. The van der Waals surface area contributed by atoms with Crippen LogP contribution in [0.3, 0.4) is 0 Å². The highest BCUT2D eigenvalue weighted by Gasteiger charge is 2.15. The molecular formula is C17H20O4. The molecule has 2 rings (SSSR count). The van der Waals surface area contributed by atoms with Crippen LogP contribution >= 0.6 is 0 Å². The Labute approximate surface area is 123 Å². The van der Waals surface area contributed by atoms with Gasteiger partial charge in [-0.1, -0.05) is 19.1 Å². The van der Waals surface area contributed by atoms with Crippen LogP contribution in [0.2, 0.25) is 0 Å². The average Bonchev–Trinajstić information content (AvgIpc) is 2.51. The van der Waals surface area contributed by atoms with E-state index in [9.17, 15) is 20.4 Å². The molecule has 0 unspecified atom stereocenters.